The molecule has 0 aliphatic rings. The number of ketones is 1. The van der Waals surface area contributed by atoms with Crippen LogP contribution in [0.3, 0.4) is 0 Å². The second kappa shape index (κ2) is 3.75. The fourth-order valence-corrected chi connectivity index (χ4v) is 1.35. The number of nitrogen functional groups attached to an aromatic ring is 1. The summed E-state index contributed by atoms with van der Waals surface area (Å²) in [7, 11) is 0. The van der Waals surface area contributed by atoms with Gasteiger partial charge in [0.25, 0.3) is 0 Å². The molecule has 2 nitrogen and oxygen atoms in total. The number of Topliss-reactive ketones (excluding diaryl/α,β-unsaturated/α-hetero) is 1. The summed E-state index contributed by atoms with van der Waals surface area (Å²) in [6.45, 7) is 1.62. The van der Waals surface area contributed by atoms with Gasteiger partial charge in [0.2, 0.25) is 0 Å². The summed E-state index contributed by atoms with van der Waals surface area (Å²) in [5, 5.41) is 0. The van der Waals surface area contributed by atoms with Crippen LogP contribution in [-0.2, 0) is 0 Å². The van der Waals surface area contributed by atoms with Crippen LogP contribution in [-0.4, -0.2) is 11.7 Å². The topological polar surface area (TPSA) is 43.1 Å². The molecule has 1 aromatic rings. The number of hydrogen-bond acceptors (Lipinski definition) is 2. The van der Waals surface area contributed by atoms with Crippen LogP contribution >= 0.6 is 11.6 Å². The molecular weight excluding hydrogens is 193 g/mol. The number of alkyl halides is 1. The zero-order valence-electron chi connectivity index (χ0n) is 7.10. The third-order valence-corrected chi connectivity index (χ3v) is 1.97. The molecule has 70 valence electrons. The molecule has 1 rings (SSSR count). The maximum atomic E-state index is 12.8. The van der Waals surface area contributed by atoms with Crippen molar-refractivity contribution in [2.24, 2.45) is 0 Å². The van der Waals surface area contributed by atoms with Gasteiger partial charge in [-0.05, 0) is 24.6 Å². The summed E-state index contributed by atoms with van der Waals surface area (Å²) in [5.41, 5.74) is 6.45. The molecule has 4 heteroatoms. The molecule has 1 aromatic carbocycles. The van der Waals surface area contributed by atoms with E-state index in [4.69, 9.17) is 17.3 Å². The molecule has 0 atom stereocenters. The smallest absolute Gasteiger partial charge is 0.179 e. The van der Waals surface area contributed by atoms with Crippen LogP contribution in [0.25, 0.3) is 0 Å². The molecule has 0 saturated heterocycles. The lowest BCUT2D eigenvalue weighted by molar-refractivity contribution is 0.102. The van der Waals surface area contributed by atoms with Gasteiger partial charge in [-0.15, -0.1) is 11.6 Å². The highest BCUT2D eigenvalue weighted by atomic mass is 35.5. The lowest BCUT2D eigenvalue weighted by Crippen LogP contribution is -2.08. The molecule has 0 spiro atoms. The van der Waals surface area contributed by atoms with E-state index in [2.05, 4.69) is 0 Å². The van der Waals surface area contributed by atoms with Crippen molar-refractivity contribution in [1.29, 1.82) is 0 Å². The Bertz CT molecular complexity index is 328. The normalized spacial score (nSPS) is 10.1. The molecular formula is C9H9ClFNO. The predicted molar refractivity (Wildman–Crippen MR) is 50.6 cm³/mol. The molecule has 0 bridgehead atoms. The van der Waals surface area contributed by atoms with Crippen LogP contribution in [0.2, 0.25) is 0 Å². The van der Waals surface area contributed by atoms with Gasteiger partial charge in [0.15, 0.2) is 5.78 Å². The van der Waals surface area contributed by atoms with Crippen molar-refractivity contribution in [3.8, 4) is 0 Å². The fourth-order valence-electron chi connectivity index (χ4n) is 1.22. The zero-order valence-corrected chi connectivity index (χ0v) is 7.86. The third-order valence-electron chi connectivity index (χ3n) is 1.73. The lowest BCUT2D eigenvalue weighted by atomic mass is 10.0. The summed E-state index contributed by atoms with van der Waals surface area (Å²) >= 11 is 5.37. The monoisotopic (exact) mass is 201 g/mol. The molecule has 0 aliphatic heterocycles. The Morgan fingerprint density at radius 3 is 2.69 bits per heavy atom. The van der Waals surface area contributed by atoms with E-state index in [0.29, 0.717) is 11.1 Å². The van der Waals surface area contributed by atoms with E-state index in [-0.39, 0.29) is 17.4 Å². The Labute approximate surface area is 80.5 Å². The minimum atomic E-state index is -0.443. The number of halogens is 2. The summed E-state index contributed by atoms with van der Waals surface area (Å²) in [5.74, 6) is -0.866. The first-order valence-electron chi connectivity index (χ1n) is 3.71. The second-order valence-electron chi connectivity index (χ2n) is 2.74. The standard InChI is InChI=1S/C9H9ClFNO/c1-5-2-6(11)3-7(12)9(5)8(13)4-10/h2-3H,4,12H2,1H3. The van der Waals surface area contributed by atoms with Gasteiger partial charge in [0.1, 0.15) is 5.82 Å². The predicted octanol–water partition coefficient (Wildman–Crippen LogP) is 2.14. The first-order valence-corrected chi connectivity index (χ1v) is 4.24. The fraction of sp³-hybridized carbons (Fsp3) is 0.222. The van der Waals surface area contributed by atoms with Crippen LogP contribution in [0.15, 0.2) is 12.1 Å². The average Bonchev–Trinajstić information content (AvgIpc) is 2.02. The Morgan fingerprint density at radius 2 is 2.23 bits per heavy atom. The first kappa shape index (κ1) is 9.99. The molecule has 0 fully saturated rings. The van der Waals surface area contributed by atoms with Crippen LogP contribution in [0.4, 0.5) is 10.1 Å². The Balaban J connectivity index is 3.28. The number of carbonyl (C=O) groups is 1. The summed E-state index contributed by atoms with van der Waals surface area (Å²) in [6.07, 6.45) is 0. The van der Waals surface area contributed by atoms with E-state index >= 15 is 0 Å². The van der Waals surface area contributed by atoms with Crippen LogP contribution in [0.1, 0.15) is 15.9 Å². The highest BCUT2D eigenvalue weighted by molar-refractivity contribution is 6.31. The third kappa shape index (κ3) is 1.98. The highest BCUT2D eigenvalue weighted by Gasteiger charge is 2.12. The van der Waals surface area contributed by atoms with E-state index in [0.717, 1.165) is 6.07 Å². The molecule has 2 N–H and O–H groups in total. The summed E-state index contributed by atoms with van der Waals surface area (Å²) < 4.78 is 12.8. The van der Waals surface area contributed by atoms with Crippen molar-refractivity contribution in [3.05, 3.63) is 29.1 Å². The molecule has 0 radical (unpaired) electrons. The van der Waals surface area contributed by atoms with Crippen molar-refractivity contribution in [1.82, 2.24) is 0 Å². The van der Waals surface area contributed by atoms with Gasteiger partial charge in [-0.3, -0.25) is 4.79 Å². The van der Waals surface area contributed by atoms with Gasteiger partial charge < -0.3 is 5.73 Å². The highest BCUT2D eigenvalue weighted by Crippen LogP contribution is 2.19. The van der Waals surface area contributed by atoms with Gasteiger partial charge >= 0.3 is 0 Å². The second-order valence-corrected chi connectivity index (χ2v) is 3.01. The number of carbonyl (C=O) groups excluding carboxylic acids is 1. The maximum absolute atomic E-state index is 12.8. The number of hydrogen-bond donors (Lipinski definition) is 1. The largest absolute Gasteiger partial charge is 0.398 e. The number of aryl methyl sites for hydroxylation is 1. The van der Waals surface area contributed by atoms with E-state index < -0.39 is 5.82 Å². The van der Waals surface area contributed by atoms with Crippen LogP contribution < -0.4 is 5.73 Å². The van der Waals surface area contributed by atoms with Gasteiger partial charge in [0, 0.05) is 11.3 Å². The van der Waals surface area contributed by atoms with E-state index in [1.807, 2.05) is 0 Å². The van der Waals surface area contributed by atoms with E-state index in [9.17, 15) is 9.18 Å². The molecule has 0 aliphatic carbocycles. The van der Waals surface area contributed by atoms with E-state index in [1.165, 1.54) is 6.07 Å². The average molecular weight is 202 g/mol. The zero-order chi connectivity index (χ0) is 10.0. The lowest BCUT2D eigenvalue weighted by Gasteiger charge is -2.06. The molecule has 13 heavy (non-hydrogen) atoms. The quantitative estimate of drug-likeness (QED) is 0.453. The van der Waals surface area contributed by atoms with Crippen molar-refractivity contribution in [2.75, 3.05) is 11.6 Å². The Hall–Kier alpha value is -1.09. The van der Waals surface area contributed by atoms with Gasteiger partial charge in [-0.2, -0.15) is 0 Å². The van der Waals surface area contributed by atoms with Crippen LogP contribution in [0, 0.1) is 12.7 Å². The number of rotatable bonds is 2. The molecule has 0 saturated carbocycles. The summed E-state index contributed by atoms with van der Waals surface area (Å²) in [6, 6.07) is 2.38. The minimum absolute atomic E-state index is 0.142. The van der Waals surface area contributed by atoms with Crippen molar-refractivity contribution < 1.29 is 9.18 Å². The molecule has 0 aromatic heterocycles. The molecule has 0 amide bonds. The number of benzene rings is 1. The van der Waals surface area contributed by atoms with E-state index in [1.54, 1.807) is 6.92 Å². The van der Waals surface area contributed by atoms with Crippen molar-refractivity contribution >= 4 is 23.1 Å². The van der Waals surface area contributed by atoms with Gasteiger partial charge in [-0.1, -0.05) is 0 Å². The minimum Gasteiger partial charge on any atom is -0.398 e. The Kier molecular flexibility index (Phi) is 2.88. The number of anilines is 1. The van der Waals surface area contributed by atoms with Crippen LogP contribution in [0.5, 0.6) is 0 Å². The first-order chi connectivity index (χ1) is 6.06. The number of nitrogens with two attached hydrogens (primary N) is 1. The van der Waals surface area contributed by atoms with Crippen molar-refractivity contribution in [3.63, 3.8) is 0 Å². The van der Waals surface area contributed by atoms with Gasteiger partial charge in [-0.25, -0.2) is 4.39 Å². The summed E-state index contributed by atoms with van der Waals surface area (Å²) in [4.78, 5) is 11.2. The maximum Gasteiger partial charge on any atom is 0.179 e. The molecule has 0 unspecified atom stereocenters. The Morgan fingerprint density at radius 1 is 1.62 bits per heavy atom. The van der Waals surface area contributed by atoms with Gasteiger partial charge in [0.05, 0.1) is 5.88 Å². The SMILES string of the molecule is Cc1cc(F)cc(N)c1C(=O)CCl. The van der Waals surface area contributed by atoms with Crippen molar-refractivity contribution in [2.45, 2.75) is 6.92 Å². The molecule has 0 heterocycles.